The molecule has 2 heterocycles. The van der Waals surface area contributed by atoms with Crippen molar-refractivity contribution in [3.63, 3.8) is 0 Å². The molecule has 31 heavy (non-hydrogen) atoms. The number of carbonyl (C=O) groups excluding carboxylic acids is 2. The highest BCUT2D eigenvalue weighted by Gasteiger charge is 2.28. The van der Waals surface area contributed by atoms with Gasteiger partial charge in [0.2, 0.25) is 10.0 Å². The second kappa shape index (κ2) is 8.19. The lowest BCUT2D eigenvalue weighted by molar-refractivity contribution is -0.141. The number of anilines is 1. The third-order valence-electron chi connectivity index (χ3n) is 5.47. The van der Waals surface area contributed by atoms with E-state index in [4.69, 9.17) is 9.15 Å². The van der Waals surface area contributed by atoms with Gasteiger partial charge in [0.15, 0.2) is 12.4 Å². The number of rotatable bonds is 7. The summed E-state index contributed by atoms with van der Waals surface area (Å²) < 4.78 is 36.4. The Hall–Kier alpha value is -3.13. The van der Waals surface area contributed by atoms with Gasteiger partial charge in [0.1, 0.15) is 5.58 Å². The smallest absolute Gasteiger partial charge is 0.310 e. The fraction of sp³-hybridized carbons (Fsp3) is 0.304. The second-order valence-electron chi connectivity index (χ2n) is 7.59. The van der Waals surface area contributed by atoms with Crippen LogP contribution in [0.2, 0.25) is 0 Å². The number of furan rings is 1. The first-order valence-electron chi connectivity index (χ1n) is 10.1. The molecule has 0 amide bonds. The fourth-order valence-corrected chi connectivity index (χ4v) is 4.91. The number of carbonyl (C=O) groups is 2. The number of esters is 1. The summed E-state index contributed by atoms with van der Waals surface area (Å²) in [7, 11) is -3.34. The highest BCUT2D eigenvalue weighted by Crippen LogP contribution is 2.31. The van der Waals surface area contributed by atoms with Crippen LogP contribution in [0.4, 0.5) is 5.69 Å². The Morgan fingerprint density at radius 2 is 1.97 bits per heavy atom. The molecule has 1 aliphatic heterocycles. The number of nitrogens with zero attached hydrogens (tertiary/aromatic N) is 1. The summed E-state index contributed by atoms with van der Waals surface area (Å²) in [5.74, 6) is -0.826. The third kappa shape index (κ3) is 4.20. The fourth-order valence-electron chi connectivity index (χ4n) is 3.75. The van der Waals surface area contributed by atoms with Crippen molar-refractivity contribution in [2.45, 2.75) is 26.7 Å². The van der Waals surface area contributed by atoms with Crippen molar-refractivity contribution in [2.24, 2.45) is 0 Å². The minimum absolute atomic E-state index is 0.0113. The molecule has 7 nitrogen and oxygen atoms in total. The van der Waals surface area contributed by atoms with E-state index in [0.717, 1.165) is 16.5 Å². The van der Waals surface area contributed by atoms with Crippen LogP contribution in [0.25, 0.3) is 11.0 Å². The van der Waals surface area contributed by atoms with Gasteiger partial charge < -0.3 is 9.15 Å². The monoisotopic (exact) mass is 441 g/mol. The minimum atomic E-state index is -3.34. The molecule has 4 rings (SSSR count). The molecule has 8 heteroatoms. The maximum absolute atomic E-state index is 12.5. The molecule has 0 aliphatic carbocycles. The molecule has 0 spiro atoms. The molecule has 0 N–H and O–H groups in total. The van der Waals surface area contributed by atoms with Crippen molar-refractivity contribution < 1.29 is 27.2 Å². The number of ether oxygens (including phenoxy) is 1. The van der Waals surface area contributed by atoms with E-state index in [2.05, 4.69) is 0 Å². The first-order valence-corrected chi connectivity index (χ1v) is 11.7. The zero-order valence-corrected chi connectivity index (χ0v) is 18.2. The zero-order valence-electron chi connectivity index (χ0n) is 17.4. The first kappa shape index (κ1) is 21.1. The van der Waals surface area contributed by atoms with E-state index in [9.17, 15) is 18.0 Å². The second-order valence-corrected chi connectivity index (χ2v) is 9.77. The summed E-state index contributed by atoms with van der Waals surface area (Å²) >= 11 is 0. The zero-order chi connectivity index (χ0) is 22.2. The van der Waals surface area contributed by atoms with E-state index in [1.54, 1.807) is 25.1 Å². The molecule has 0 unspecified atom stereocenters. The van der Waals surface area contributed by atoms with E-state index in [1.165, 1.54) is 10.6 Å². The molecule has 0 saturated carbocycles. The van der Waals surface area contributed by atoms with Crippen LogP contribution in [0.3, 0.4) is 0 Å². The number of hydrogen-bond donors (Lipinski definition) is 0. The van der Waals surface area contributed by atoms with E-state index < -0.39 is 16.0 Å². The summed E-state index contributed by atoms with van der Waals surface area (Å²) in [6.45, 7) is 3.56. The Labute approximate surface area is 180 Å². The highest BCUT2D eigenvalue weighted by atomic mass is 32.2. The van der Waals surface area contributed by atoms with Crippen LogP contribution in [0, 0.1) is 6.92 Å². The predicted molar refractivity (Wildman–Crippen MR) is 117 cm³/mol. The predicted octanol–water partition coefficient (Wildman–Crippen LogP) is 3.42. The van der Waals surface area contributed by atoms with Gasteiger partial charge in [-0.2, -0.15) is 0 Å². The van der Waals surface area contributed by atoms with Crippen LogP contribution >= 0.6 is 0 Å². The van der Waals surface area contributed by atoms with Gasteiger partial charge in [0, 0.05) is 23.1 Å². The summed E-state index contributed by atoms with van der Waals surface area (Å²) in [5, 5.41) is 0.846. The molecule has 0 bridgehead atoms. The van der Waals surface area contributed by atoms with Crippen molar-refractivity contribution in [3.8, 4) is 0 Å². The lowest BCUT2D eigenvalue weighted by Crippen LogP contribution is -2.30. The van der Waals surface area contributed by atoms with Crippen molar-refractivity contribution in [2.75, 3.05) is 23.2 Å². The maximum Gasteiger partial charge on any atom is 0.310 e. The van der Waals surface area contributed by atoms with Gasteiger partial charge >= 0.3 is 5.97 Å². The number of sulfonamides is 1. The average molecular weight is 442 g/mol. The van der Waals surface area contributed by atoms with E-state index in [-0.39, 0.29) is 24.6 Å². The van der Waals surface area contributed by atoms with Crippen molar-refractivity contribution in [1.82, 2.24) is 0 Å². The van der Waals surface area contributed by atoms with Gasteiger partial charge in [-0.15, -0.1) is 0 Å². The lowest BCUT2D eigenvalue weighted by Gasteiger charge is -2.18. The van der Waals surface area contributed by atoms with Crippen molar-refractivity contribution in [1.29, 1.82) is 0 Å². The molecule has 0 saturated heterocycles. The van der Waals surface area contributed by atoms with Gasteiger partial charge in [-0.3, -0.25) is 13.9 Å². The molecular weight excluding hydrogens is 418 g/mol. The topological polar surface area (TPSA) is 93.9 Å². The quantitative estimate of drug-likeness (QED) is 0.412. The Bertz CT molecular complexity index is 1270. The van der Waals surface area contributed by atoms with E-state index in [1.807, 2.05) is 25.1 Å². The standard InChI is InChI=1S/C23H23NO6S/c1-3-31(27,28)24-9-8-16-11-17(5-7-20(16)24)21(25)14-30-23(26)12-18-13-29-22-10-15(2)4-6-19(18)22/h4-7,10-11,13H,3,8-9,12,14H2,1-2H3. The molecule has 2 aromatic carbocycles. The molecule has 0 radical (unpaired) electrons. The van der Waals surface area contributed by atoms with Crippen molar-refractivity contribution in [3.05, 3.63) is 64.9 Å². The lowest BCUT2D eigenvalue weighted by atomic mass is 10.1. The van der Waals surface area contributed by atoms with Crippen LogP contribution in [-0.2, 0) is 32.4 Å². The molecule has 162 valence electrons. The SMILES string of the molecule is CCS(=O)(=O)N1CCc2cc(C(=O)COC(=O)Cc3coc4cc(C)ccc34)ccc21. The van der Waals surface area contributed by atoms with Crippen LogP contribution in [0.5, 0.6) is 0 Å². The summed E-state index contributed by atoms with van der Waals surface area (Å²) in [4.78, 5) is 24.7. The minimum Gasteiger partial charge on any atom is -0.464 e. The Kier molecular flexibility index (Phi) is 5.58. The van der Waals surface area contributed by atoms with Crippen molar-refractivity contribution >= 4 is 38.4 Å². The summed E-state index contributed by atoms with van der Waals surface area (Å²) in [5.41, 5.74) is 4.28. The Morgan fingerprint density at radius 1 is 1.16 bits per heavy atom. The maximum atomic E-state index is 12.5. The number of benzene rings is 2. The number of fused-ring (bicyclic) bond motifs is 2. The highest BCUT2D eigenvalue weighted by molar-refractivity contribution is 7.92. The van der Waals surface area contributed by atoms with Gasteiger partial charge in [0.05, 0.1) is 24.1 Å². The molecule has 1 aliphatic rings. The van der Waals surface area contributed by atoms with Crippen LogP contribution in [0.1, 0.15) is 34.0 Å². The average Bonchev–Trinajstić information content (AvgIpc) is 3.35. The van der Waals surface area contributed by atoms with Crippen LogP contribution < -0.4 is 4.31 Å². The Morgan fingerprint density at radius 3 is 2.74 bits per heavy atom. The van der Waals surface area contributed by atoms with Gasteiger partial charge in [-0.05, 0) is 55.7 Å². The van der Waals surface area contributed by atoms with Crippen LogP contribution in [0.15, 0.2) is 47.1 Å². The summed E-state index contributed by atoms with van der Waals surface area (Å²) in [6.07, 6.45) is 2.09. The van der Waals surface area contributed by atoms with Gasteiger partial charge in [-0.25, -0.2) is 8.42 Å². The largest absolute Gasteiger partial charge is 0.464 e. The number of ketones is 1. The molecule has 1 aromatic heterocycles. The molecular formula is C23H23NO6S. The number of aryl methyl sites for hydroxylation is 1. The third-order valence-corrected chi connectivity index (χ3v) is 7.25. The van der Waals surface area contributed by atoms with E-state index in [0.29, 0.717) is 35.4 Å². The summed E-state index contributed by atoms with van der Waals surface area (Å²) in [6, 6.07) is 10.6. The normalized spacial score (nSPS) is 13.4. The first-order chi connectivity index (χ1) is 14.8. The molecule has 0 fully saturated rings. The molecule has 0 atom stereocenters. The van der Waals surface area contributed by atoms with Gasteiger partial charge in [0.25, 0.3) is 0 Å². The van der Waals surface area contributed by atoms with E-state index >= 15 is 0 Å². The van der Waals surface area contributed by atoms with Gasteiger partial charge in [-0.1, -0.05) is 12.1 Å². The molecule has 3 aromatic rings. The number of Topliss-reactive ketones (excluding diaryl/α,β-unsaturated/α-hetero) is 1. The Balaban J connectivity index is 1.39. The van der Waals surface area contributed by atoms with Crippen LogP contribution in [-0.4, -0.2) is 39.1 Å². The number of hydrogen-bond acceptors (Lipinski definition) is 6.